The smallest absolute Gasteiger partial charge is 0.407 e. The largest absolute Gasteiger partial charge is 0.488 e. The van der Waals surface area contributed by atoms with E-state index in [-0.39, 0.29) is 23.9 Å². The van der Waals surface area contributed by atoms with E-state index in [1.807, 2.05) is 11.1 Å². The molecule has 3 N–H and O–H groups in total. The van der Waals surface area contributed by atoms with Gasteiger partial charge < -0.3 is 34.4 Å². The van der Waals surface area contributed by atoms with E-state index in [2.05, 4.69) is 90.5 Å². The van der Waals surface area contributed by atoms with E-state index in [9.17, 15) is 9.59 Å². The Morgan fingerprint density at radius 3 is 2.70 bits per heavy atom. The number of nitrogens with zero attached hydrogens (tertiary/aromatic N) is 4. The average Bonchev–Trinajstić information content (AvgIpc) is 3.94. The maximum Gasteiger partial charge on any atom is 0.407 e. The van der Waals surface area contributed by atoms with Gasteiger partial charge in [-0.05, 0) is 105 Å². The van der Waals surface area contributed by atoms with Crippen LogP contribution >= 0.6 is 0 Å². The summed E-state index contributed by atoms with van der Waals surface area (Å²) in [5.41, 5.74) is 7.19. The number of fused-ring (bicyclic) bond motifs is 6. The Labute approximate surface area is 309 Å². The highest BCUT2D eigenvalue weighted by Gasteiger charge is 2.43. The first kappa shape index (κ1) is 35.1. The number of aromatic amines is 2. The highest BCUT2D eigenvalue weighted by atomic mass is 16.5. The maximum atomic E-state index is 14.2. The molecule has 3 aliphatic heterocycles. The van der Waals surface area contributed by atoms with Gasteiger partial charge in [0.05, 0.1) is 42.6 Å². The quantitative estimate of drug-likeness (QED) is 0.147. The van der Waals surface area contributed by atoms with Gasteiger partial charge in [0.1, 0.15) is 30.0 Å². The molecule has 2 saturated heterocycles. The monoisotopic (exact) mass is 719 g/mol. The number of hydrogen-bond acceptors (Lipinski definition) is 8. The zero-order valence-electron chi connectivity index (χ0n) is 31.2. The number of imidazole rings is 2. The van der Waals surface area contributed by atoms with Crippen molar-refractivity contribution in [3.8, 4) is 28.1 Å². The number of alkyl carbamates (subject to hydrolysis) is 1. The lowest BCUT2D eigenvalue weighted by Gasteiger charge is -2.36. The van der Waals surface area contributed by atoms with Crippen molar-refractivity contribution < 1.29 is 23.8 Å². The van der Waals surface area contributed by atoms with E-state index in [0.717, 1.165) is 93.0 Å². The van der Waals surface area contributed by atoms with Gasteiger partial charge in [-0.2, -0.15) is 0 Å². The fourth-order valence-electron chi connectivity index (χ4n) is 8.34. The van der Waals surface area contributed by atoms with Crippen LogP contribution in [0.2, 0.25) is 0 Å². The molecule has 0 bridgehead atoms. The number of aromatic nitrogens is 4. The normalized spacial score (nSPS) is 19.9. The van der Waals surface area contributed by atoms with Crippen molar-refractivity contribution in [1.82, 2.24) is 35.1 Å². The number of ether oxygens (including phenoxy) is 3. The van der Waals surface area contributed by atoms with Crippen molar-refractivity contribution in [2.75, 3.05) is 27.4 Å². The molecule has 5 aromatic rings. The molecule has 53 heavy (non-hydrogen) atoms. The van der Waals surface area contributed by atoms with Crippen LogP contribution < -0.4 is 10.1 Å². The molecule has 2 amide bonds. The summed E-state index contributed by atoms with van der Waals surface area (Å²) < 4.78 is 16.9. The van der Waals surface area contributed by atoms with Crippen molar-refractivity contribution in [3.63, 3.8) is 0 Å². The van der Waals surface area contributed by atoms with Crippen LogP contribution in [0.5, 0.6) is 5.75 Å². The number of carbonyl (C=O) groups excluding carboxylic acids is 2. The predicted molar refractivity (Wildman–Crippen MR) is 203 cm³/mol. The van der Waals surface area contributed by atoms with Crippen LogP contribution in [0.3, 0.4) is 0 Å². The van der Waals surface area contributed by atoms with E-state index in [4.69, 9.17) is 24.2 Å². The van der Waals surface area contributed by atoms with Gasteiger partial charge in [-0.15, -0.1) is 0 Å². The topological polar surface area (TPSA) is 138 Å². The molecule has 3 aliphatic rings. The summed E-state index contributed by atoms with van der Waals surface area (Å²) in [5, 5.41) is 5.08. The van der Waals surface area contributed by atoms with Gasteiger partial charge in [-0.25, -0.2) is 14.8 Å². The summed E-state index contributed by atoms with van der Waals surface area (Å²) in [6.45, 7) is 8.86. The van der Waals surface area contributed by atoms with E-state index in [0.29, 0.717) is 38.7 Å². The summed E-state index contributed by atoms with van der Waals surface area (Å²) in [7, 11) is 3.46. The first-order valence-corrected chi connectivity index (χ1v) is 18.9. The number of likely N-dealkylation sites (tertiary alicyclic amines) is 1. The summed E-state index contributed by atoms with van der Waals surface area (Å²) in [5.74, 6) is 2.44. The molecule has 3 aromatic carbocycles. The van der Waals surface area contributed by atoms with Crippen molar-refractivity contribution in [2.45, 2.75) is 90.2 Å². The second-order valence-electron chi connectivity index (χ2n) is 15.0. The predicted octanol–water partition coefficient (Wildman–Crippen LogP) is 7.10. The van der Waals surface area contributed by atoms with Gasteiger partial charge in [-0.3, -0.25) is 9.69 Å². The van der Waals surface area contributed by atoms with Crippen LogP contribution in [0.4, 0.5) is 4.79 Å². The van der Waals surface area contributed by atoms with Crippen LogP contribution in [0.1, 0.15) is 76.1 Å². The molecule has 2 fully saturated rings. The molecule has 0 radical (unpaired) electrons. The fraction of sp³-hybridized carbons (Fsp3) is 0.463. The Morgan fingerprint density at radius 1 is 1.08 bits per heavy atom. The molecule has 12 heteroatoms. The van der Waals surface area contributed by atoms with E-state index in [1.54, 1.807) is 0 Å². The van der Waals surface area contributed by atoms with Crippen LogP contribution in [-0.2, 0) is 27.4 Å². The lowest BCUT2D eigenvalue weighted by Crippen LogP contribution is -2.54. The SMILES string of the molecule is CC[C@H](C)N(C)Cc1nc2ccc3cc4c(cc3c2[nH]1)OCc1cc(-c2cnc([C@@H]3CC[C@H](C)N3C(=O)C(NC(=O)OC)C3CCOCC3)[nH]2)ccc1-4. The lowest BCUT2D eigenvalue weighted by atomic mass is 9.90. The maximum absolute atomic E-state index is 14.2. The Morgan fingerprint density at radius 2 is 1.91 bits per heavy atom. The summed E-state index contributed by atoms with van der Waals surface area (Å²) in [6.07, 6.45) is 5.36. The Kier molecular flexibility index (Phi) is 9.59. The third-order valence-electron chi connectivity index (χ3n) is 11.8. The van der Waals surface area contributed by atoms with Crippen LogP contribution in [0, 0.1) is 5.92 Å². The summed E-state index contributed by atoms with van der Waals surface area (Å²) in [4.78, 5) is 47.6. The molecule has 0 spiro atoms. The highest BCUT2D eigenvalue weighted by molar-refractivity contribution is 6.07. The minimum absolute atomic E-state index is 0.00242. The van der Waals surface area contributed by atoms with Crippen LogP contribution in [-0.4, -0.2) is 87.2 Å². The zero-order chi connectivity index (χ0) is 36.8. The third kappa shape index (κ3) is 6.63. The lowest BCUT2D eigenvalue weighted by molar-refractivity contribution is -0.138. The number of rotatable bonds is 9. The summed E-state index contributed by atoms with van der Waals surface area (Å²) >= 11 is 0. The zero-order valence-corrected chi connectivity index (χ0v) is 31.2. The number of nitrogens with one attached hydrogen (secondary N) is 3. The number of amides is 2. The molecule has 8 rings (SSSR count). The Hall–Kier alpha value is -4.94. The second-order valence-corrected chi connectivity index (χ2v) is 15.0. The number of carbonyl (C=O) groups is 2. The standard InChI is InChI=1S/C41H49N7O5/c1-6-23(2)47(4)21-36-43-32-11-9-26-18-31-29-10-8-27(17-28(29)22-53-35(31)19-30(26)38(32)45-36)33-20-42-39(44-33)34-12-7-24(3)48(34)40(49)37(46-41(50)51-5)25-13-15-52-16-14-25/h8-11,17-20,23-25,34,37H,6-7,12-16,21-22H2,1-5H3,(H,42,44)(H,43,45)(H,46,50)/t23-,24-,34-,37?/m0/s1. The van der Waals surface area contributed by atoms with Gasteiger partial charge in [0.15, 0.2) is 0 Å². The highest BCUT2D eigenvalue weighted by Crippen LogP contribution is 2.43. The van der Waals surface area contributed by atoms with Crippen molar-refractivity contribution in [3.05, 3.63) is 65.9 Å². The molecular weight excluding hydrogens is 670 g/mol. The molecular formula is C41H49N7O5. The van der Waals surface area contributed by atoms with E-state index in [1.165, 1.54) is 7.11 Å². The fourth-order valence-corrected chi connectivity index (χ4v) is 8.34. The molecule has 4 atom stereocenters. The average molecular weight is 720 g/mol. The van der Waals surface area contributed by atoms with E-state index >= 15 is 0 Å². The molecule has 12 nitrogen and oxygen atoms in total. The molecule has 278 valence electrons. The van der Waals surface area contributed by atoms with E-state index < -0.39 is 12.1 Å². The van der Waals surface area contributed by atoms with Crippen molar-refractivity contribution in [1.29, 1.82) is 0 Å². The van der Waals surface area contributed by atoms with Gasteiger partial charge in [0.2, 0.25) is 5.91 Å². The number of benzene rings is 3. The first-order valence-electron chi connectivity index (χ1n) is 18.9. The van der Waals surface area contributed by atoms with Crippen LogP contribution in [0.15, 0.2) is 48.7 Å². The molecule has 1 unspecified atom stereocenters. The molecule has 0 aliphatic carbocycles. The second kappa shape index (κ2) is 14.5. The molecule has 2 aromatic heterocycles. The first-order chi connectivity index (χ1) is 25.7. The van der Waals surface area contributed by atoms with Crippen molar-refractivity contribution >= 4 is 33.8 Å². The third-order valence-corrected chi connectivity index (χ3v) is 11.8. The minimum Gasteiger partial charge on any atom is -0.488 e. The van der Waals surface area contributed by atoms with Gasteiger partial charge in [0.25, 0.3) is 0 Å². The number of methoxy groups -OCH3 is 1. The summed E-state index contributed by atoms with van der Waals surface area (Å²) in [6, 6.07) is 14.6. The van der Waals surface area contributed by atoms with Crippen molar-refractivity contribution in [2.24, 2.45) is 5.92 Å². The van der Waals surface area contributed by atoms with Gasteiger partial charge >= 0.3 is 6.09 Å². The number of H-pyrrole nitrogens is 2. The number of hydrogen-bond donors (Lipinski definition) is 3. The van der Waals surface area contributed by atoms with Crippen LogP contribution in [0.25, 0.3) is 44.2 Å². The minimum atomic E-state index is -0.686. The Bertz CT molecular complexity index is 2150. The van der Waals surface area contributed by atoms with Gasteiger partial charge in [0, 0.05) is 36.2 Å². The molecule has 5 heterocycles. The van der Waals surface area contributed by atoms with Gasteiger partial charge in [-0.1, -0.05) is 25.1 Å². The Balaban J connectivity index is 1.04. The molecule has 0 saturated carbocycles.